The first-order chi connectivity index (χ1) is 8.39. The normalized spacial score (nSPS) is 15.3. The summed E-state index contributed by atoms with van der Waals surface area (Å²) in [4.78, 5) is 8.90. The lowest BCUT2D eigenvalue weighted by atomic mass is 9.95. The van der Waals surface area contributed by atoms with E-state index < -0.39 is 12.1 Å². The van der Waals surface area contributed by atoms with Gasteiger partial charge < -0.3 is 10.4 Å². The third-order valence-corrected chi connectivity index (χ3v) is 2.48. The van der Waals surface area contributed by atoms with E-state index in [1.54, 1.807) is 0 Å². The number of carboxylic acids is 1. The van der Waals surface area contributed by atoms with Crippen molar-refractivity contribution >= 4 is 5.97 Å². The first-order valence-electron chi connectivity index (χ1n) is 5.44. The maximum atomic E-state index is 10.6. The summed E-state index contributed by atoms with van der Waals surface area (Å²) in [5.41, 5.74) is 1.47. The van der Waals surface area contributed by atoms with Gasteiger partial charge in [0.15, 0.2) is 0 Å². The molecular weight excluding hydrogens is 247 g/mol. The molecule has 2 N–H and O–H groups in total. The Morgan fingerprint density at radius 2 is 1.78 bits per heavy atom. The molecular formula is C12H14F3NO2. The summed E-state index contributed by atoms with van der Waals surface area (Å²) < 4.78 is 31.7. The average Bonchev–Trinajstić information content (AvgIpc) is 2.25. The van der Waals surface area contributed by atoms with Gasteiger partial charge in [0.2, 0.25) is 0 Å². The molecule has 6 heteroatoms. The van der Waals surface area contributed by atoms with E-state index in [4.69, 9.17) is 9.90 Å². The van der Waals surface area contributed by atoms with Crippen LogP contribution in [0.1, 0.15) is 5.56 Å². The number of aliphatic carboxylic acids is 1. The summed E-state index contributed by atoms with van der Waals surface area (Å²) in [6.45, 7) is 2.41. The van der Waals surface area contributed by atoms with Gasteiger partial charge in [-0.15, -0.1) is 0 Å². The summed E-state index contributed by atoms with van der Waals surface area (Å²) in [7, 11) is 0. The summed E-state index contributed by atoms with van der Waals surface area (Å²) in [5, 5.41) is 10.4. The smallest absolute Gasteiger partial charge is 0.475 e. The lowest BCUT2D eigenvalue weighted by Gasteiger charge is -2.26. The van der Waals surface area contributed by atoms with Crippen LogP contribution in [0, 0.1) is 5.92 Å². The molecule has 0 spiro atoms. The quantitative estimate of drug-likeness (QED) is 0.857. The highest BCUT2D eigenvalue weighted by Gasteiger charge is 2.38. The zero-order valence-electron chi connectivity index (χ0n) is 9.57. The Bertz CT molecular complexity index is 375. The molecule has 3 nitrogen and oxygen atoms in total. The van der Waals surface area contributed by atoms with Crippen molar-refractivity contribution in [3.8, 4) is 0 Å². The average molecular weight is 261 g/mol. The van der Waals surface area contributed by atoms with Crippen LogP contribution in [0.3, 0.4) is 0 Å². The number of benzene rings is 1. The van der Waals surface area contributed by atoms with Crippen molar-refractivity contribution in [1.82, 2.24) is 5.32 Å². The molecule has 1 aliphatic heterocycles. The highest BCUT2D eigenvalue weighted by molar-refractivity contribution is 5.73. The third-order valence-electron chi connectivity index (χ3n) is 2.48. The number of hydrogen-bond donors (Lipinski definition) is 2. The Labute approximate surface area is 103 Å². The molecule has 1 aromatic carbocycles. The van der Waals surface area contributed by atoms with Crippen LogP contribution in [0.5, 0.6) is 0 Å². The zero-order valence-corrected chi connectivity index (χ0v) is 9.57. The van der Waals surface area contributed by atoms with Gasteiger partial charge in [0.1, 0.15) is 0 Å². The van der Waals surface area contributed by atoms with E-state index in [0.29, 0.717) is 0 Å². The molecule has 1 fully saturated rings. The van der Waals surface area contributed by atoms with Gasteiger partial charge in [0.05, 0.1) is 0 Å². The SMILES string of the molecule is O=C(O)C(F)(F)F.c1ccc(CC2CNC2)cc1. The van der Waals surface area contributed by atoms with Crippen LogP contribution >= 0.6 is 0 Å². The van der Waals surface area contributed by atoms with Gasteiger partial charge in [-0.3, -0.25) is 0 Å². The topological polar surface area (TPSA) is 49.3 Å². The fourth-order valence-electron chi connectivity index (χ4n) is 1.44. The van der Waals surface area contributed by atoms with Gasteiger partial charge in [0.25, 0.3) is 0 Å². The number of carbonyl (C=O) groups is 1. The van der Waals surface area contributed by atoms with Crippen LogP contribution in [-0.2, 0) is 11.2 Å². The van der Waals surface area contributed by atoms with E-state index >= 15 is 0 Å². The maximum absolute atomic E-state index is 10.6. The fourth-order valence-corrected chi connectivity index (χ4v) is 1.44. The summed E-state index contributed by atoms with van der Waals surface area (Å²) >= 11 is 0. The number of alkyl halides is 3. The van der Waals surface area contributed by atoms with E-state index in [1.165, 1.54) is 25.1 Å². The highest BCUT2D eigenvalue weighted by atomic mass is 19.4. The molecule has 0 radical (unpaired) electrons. The van der Waals surface area contributed by atoms with Crippen LogP contribution in [0.2, 0.25) is 0 Å². The van der Waals surface area contributed by atoms with Crippen molar-refractivity contribution in [3.05, 3.63) is 35.9 Å². The van der Waals surface area contributed by atoms with Gasteiger partial charge in [-0.25, -0.2) is 4.79 Å². The highest BCUT2D eigenvalue weighted by Crippen LogP contribution is 2.13. The Morgan fingerprint density at radius 3 is 2.11 bits per heavy atom. The minimum absolute atomic E-state index is 0.886. The van der Waals surface area contributed by atoms with Gasteiger partial charge in [0, 0.05) is 0 Å². The molecule has 18 heavy (non-hydrogen) atoms. The molecule has 1 heterocycles. The van der Waals surface area contributed by atoms with Crippen LogP contribution in [0.4, 0.5) is 13.2 Å². The van der Waals surface area contributed by atoms with E-state index in [9.17, 15) is 13.2 Å². The molecule has 1 aliphatic rings. The minimum atomic E-state index is -5.08. The second-order valence-electron chi connectivity index (χ2n) is 4.02. The van der Waals surface area contributed by atoms with Crippen LogP contribution < -0.4 is 5.32 Å². The van der Waals surface area contributed by atoms with Crippen molar-refractivity contribution in [2.45, 2.75) is 12.6 Å². The first kappa shape index (κ1) is 14.5. The molecule has 1 aromatic rings. The maximum Gasteiger partial charge on any atom is 0.490 e. The number of halogens is 3. The molecule has 2 rings (SSSR count). The Balaban J connectivity index is 0.000000203. The summed E-state index contributed by atoms with van der Waals surface area (Å²) in [6, 6.07) is 10.7. The predicted molar refractivity (Wildman–Crippen MR) is 60.2 cm³/mol. The third kappa shape index (κ3) is 5.18. The van der Waals surface area contributed by atoms with Crippen LogP contribution in [-0.4, -0.2) is 30.3 Å². The Hall–Kier alpha value is -1.56. The minimum Gasteiger partial charge on any atom is -0.475 e. The molecule has 0 aliphatic carbocycles. The molecule has 0 amide bonds. The molecule has 0 atom stereocenters. The fraction of sp³-hybridized carbons (Fsp3) is 0.417. The molecule has 1 saturated heterocycles. The number of hydrogen-bond acceptors (Lipinski definition) is 2. The predicted octanol–water partition coefficient (Wildman–Crippen LogP) is 2.08. The van der Waals surface area contributed by atoms with E-state index in [-0.39, 0.29) is 0 Å². The number of rotatable bonds is 2. The summed E-state index contributed by atoms with van der Waals surface area (Å²) in [6.07, 6.45) is -3.84. The second kappa shape index (κ2) is 6.39. The van der Waals surface area contributed by atoms with Crippen molar-refractivity contribution in [2.75, 3.05) is 13.1 Å². The Kier molecular flexibility index (Phi) is 5.15. The molecule has 0 bridgehead atoms. The molecule has 0 saturated carbocycles. The van der Waals surface area contributed by atoms with Gasteiger partial charge >= 0.3 is 12.1 Å². The summed E-state index contributed by atoms with van der Waals surface area (Å²) in [5.74, 6) is -1.87. The molecule has 0 unspecified atom stereocenters. The molecule has 100 valence electrons. The van der Waals surface area contributed by atoms with E-state index in [1.807, 2.05) is 0 Å². The van der Waals surface area contributed by atoms with Crippen LogP contribution in [0.15, 0.2) is 30.3 Å². The number of carboxylic acid groups (broad SMARTS) is 1. The van der Waals surface area contributed by atoms with E-state index in [2.05, 4.69) is 35.6 Å². The molecule has 0 aromatic heterocycles. The van der Waals surface area contributed by atoms with Crippen molar-refractivity contribution in [2.24, 2.45) is 5.92 Å². The van der Waals surface area contributed by atoms with Crippen molar-refractivity contribution < 1.29 is 23.1 Å². The van der Waals surface area contributed by atoms with Gasteiger partial charge in [-0.05, 0) is 31.0 Å². The number of nitrogens with one attached hydrogen (secondary N) is 1. The second-order valence-corrected chi connectivity index (χ2v) is 4.02. The Morgan fingerprint density at radius 1 is 1.28 bits per heavy atom. The van der Waals surface area contributed by atoms with Crippen LogP contribution in [0.25, 0.3) is 0 Å². The van der Waals surface area contributed by atoms with Crippen molar-refractivity contribution in [1.29, 1.82) is 0 Å². The standard InChI is InChI=1S/C10H13N.C2HF3O2/c1-2-4-9(5-3-1)6-10-7-11-8-10;3-2(4,5)1(6)7/h1-5,10-11H,6-8H2;(H,6,7). The lowest BCUT2D eigenvalue weighted by molar-refractivity contribution is -0.192. The first-order valence-corrected chi connectivity index (χ1v) is 5.44. The van der Waals surface area contributed by atoms with E-state index in [0.717, 1.165) is 5.92 Å². The largest absolute Gasteiger partial charge is 0.490 e. The lowest BCUT2D eigenvalue weighted by Crippen LogP contribution is -2.43. The van der Waals surface area contributed by atoms with Gasteiger partial charge in [-0.1, -0.05) is 30.3 Å². The van der Waals surface area contributed by atoms with Gasteiger partial charge in [-0.2, -0.15) is 13.2 Å². The monoisotopic (exact) mass is 261 g/mol. The van der Waals surface area contributed by atoms with Crippen molar-refractivity contribution in [3.63, 3.8) is 0 Å². The zero-order chi connectivity index (χ0) is 13.6.